The van der Waals surface area contributed by atoms with E-state index in [1.807, 2.05) is 0 Å². The first-order valence-electron chi connectivity index (χ1n) is 10.6. The third-order valence-electron chi connectivity index (χ3n) is 5.89. The van der Waals surface area contributed by atoms with Gasteiger partial charge in [0.05, 0.1) is 6.26 Å². The van der Waals surface area contributed by atoms with Gasteiger partial charge in [-0.15, -0.1) is 0 Å². The van der Waals surface area contributed by atoms with Crippen molar-refractivity contribution in [2.75, 3.05) is 19.6 Å². The minimum atomic E-state index is -0.425. The van der Waals surface area contributed by atoms with Crippen LogP contribution in [0.25, 0.3) is 0 Å². The largest absolute Gasteiger partial charge is 0.459 e. The fraction of sp³-hybridized carbons (Fsp3) is 0.478. The zero-order chi connectivity index (χ0) is 20.1. The van der Waals surface area contributed by atoms with Gasteiger partial charge in [0, 0.05) is 19.6 Å². The van der Waals surface area contributed by atoms with Crippen LogP contribution in [-0.4, -0.2) is 47.3 Å². The Kier molecular flexibility index (Phi) is 6.30. The quantitative estimate of drug-likeness (QED) is 0.816. The van der Waals surface area contributed by atoms with Crippen molar-refractivity contribution in [1.82, 2.24) is 15.1 Å². The van der Waals surface area contributed by atoms with Crippen LogP contribution in [0.2, 0.25) is 0 Å². The van der Waals surface area contributed by atoms with E-state index in [0.717, 1.165) is 18.5 Å². The van der Waals surface area contributed by atoms with E-state index in [0.29, 0.717) is 19.5 Å². The van der Waals surface area contributed by atoms with Crippen LogP contribution in [0.1, 0.15) is 53.8 Å². The first kappa shape index (κ1) is 19.7. The minimum Gasteiger partial charge on any atom is -0.459 e. The molecule has 1 aromatic heterocycles. The normalized spacial score (nSPS) is 20.0. The second-order valence-corrected chi connectivity index (χ2v) is 8.00. The molecule has 1 N–H and O–H groups in total. The second kappa shape index (κ2) is 9.27. The van der Waals surface area contributed by atoms with Crippen molar-refractivity contribution in [3.8, 4) is 0 Å². The van der Waals surface area contributed by atoms with Crippen LogP contribution in [0.4, 0.5) is 0 Å². The molecule has 2 aliphatic rings. The van der Waals surface area contributed by atoms with Gasteiger partial charge in [-0.1, -0.05) is 30.7 Å². The van der Waals surface area contributed by atoms with Crippen LogP contribution < -0.4 is 5.32 Å². The predicted octanol–water partition coefficient (Wildman–Crippen LogP) is 3.19. The lowest BCUT2D eigenvalue weighted by Gasteiger charge is -2.26. The Morgan fingerprint density at radius 1 is 0.966 bits per heavy atom. The fourth-order valence-corrected chi connectivity index (χ4v) is 4.27. The van der Waals surface area contributed by atoms with Gasteiger partial charge in [-0.25, -0.2) is 0 Å². The van der Waals surface area contributed by atoms with Crippen molar-refractivity contribution in [1.29, 1.82) is 0 Å². The van der Waals surface area contributed by atoms with Gasteiger partial charge in [-0.05, 0) is 62.0 Å². The Morgan fingerprint density at radius 2 is 1.72 bits per heavy atom. The molecule has 4 rings (SSSR count). The first-order valence-corrected chi connectivity index (χ1v) is 10.6. The van der Waals surface area contributed by atoms with Crippen LogP contribution in [0.5, 0.6) is 0 Å². The molecule has 154 valence electrons. The highest BCUT2D eigenvalue weighted by Gasteiger charge is 2.35. The Morgan fingerprint density at radius 3 is 2.45 bits per heavy atom. The molecule has 0 bridgehead atoms. The van der Waals surface area contributed by atoms with Gasteiger partial charge in [0.15, 0.2) is 5.76 Å². The molecule has 6 heteroatoms. The molecular formula is C23H29N3O3. The number of furan rings is 1. The van der Waals surface area contributed by atoms with Gasteiger partial charge in [0.25, 0.3) is 5.91 Å². The smallest absolute Gasteiger partial charge is 0.290 e. The van der Waals surface area contributed by atoms with Crippen molar-refractivity contribution in [2.45, 2.75) is 51.2 Å². The van der Waals surface area contributed by atoms with Gasteiger partial charge < -0.3 is 14.6 Å². The van der Waals surface area contributed by atoms with Crippen LogP contribution in [0.3, 0.4) is 0 Å². The summed E-state index contributed by atoms with van der Waals surface area (Å²) in [4.78, 5) is 29.4. The zero-order valence-electron chi connectivity index (χ0n) is 16.8. The molecule has 1 atom stereocenters. The first-order chi connectivity index (χ1) is 14.2. The summed E-state index contributed by atoms with van der Waals surface area (Å²) in [6, 6.07) is 11.4. The molecular weight excluding hydrogens is 366 g/mol. The third kappa shape index (κ3) is 4.88. The highest BCUT2D eigenvalue weighted by Crippen LogP contribution is 2.21. The highest BCUT2D eigenvalue weighted by atomic mass is 16.3. The van der Waals surface area contributed by atoms with E-state index < -0.39 is 6.04 Å². The second-order valence-electron chi connectivity index (χ2n) is 8.00. The van der Waals surface area contributed by atoms with E-state index in [2.05, 4.69) is 34.5 Å². The van der Waals surface area contributed by atoms with Crippen molar-refractivity contribution in [3.05, 3.63) is 59.5 Å². The monoisotopic (exact) mass is 395 g/mol. The molecule has 2 amide bonds. The van der Waals surface area contributed by atoms with Crippen molar-refractivity contribution in [2.24, 2.45) is 0 Å². The Hall–Kier alpha value is -2.60. The van der Waals surface area contributed by atoms with Crippen molar-refractivity contribution in [3.63, 3.8) is 0 Å². The summed E-state index contributed by atoms with van der Waals surface area (Å²) < 4.78 is 5.20. The topological polar surface area (TPSA) is 65.8 Å². The molecule has 1 aromatic carbocycles. The molecule has 29 heavy (non-hydrogen) atoms. The van der Waals surface area contributed by atoms with E-state index in [4.69, 9.17) is 4.42 Å². The molecule has 6 nitrogen and oxygen atoms in total. The predicted molar refractivity (Wildman–Crippen MR) is 110 cm³/mol. The number of nitrogens with zero attached hydrogens (tertiary/aromatic N) is 2. The molecule has 1 unspecified atom stereocenters. The number of hydrogen-bond donors (Lipinski definition) is 1. The average molecular weight is 396 g/mol. The lowest BCUT2D eigenvalue weighted by molar-refractivity contribution is -0.125. The summed E-state index contributed by atoms with van der Waals surface area (Å²) in [5, 5.41) is 3.00. The Balaban J connectivity index is 1.29. The molecule has 2 aliphatic heterocycles. The third-order valence-corrected chi connectivity index (χ3v) is 5.89. The summed E-state index contributed by atoms with van der Waals surface area (Å²) in [6.07, 6.45) is 6.94. The Bertz CT molecular complexity index is 810. The van der Waals surface area contributed by atoms with Crippen molar-refractivity contribution < 1.29 is 14.0 Å². The number of amides is 2. The van der Waals surface area contributed by atoms with Gasteiger partial charge in [-0.3, -0.25) is 14.5 Å². The summed E-state index contributed by atoms with van der Waals surface area (Å²) >= 11 is 0. The maximum absolute atomic E-state index is 12.7. The highest BCUT2D eigenvalue weighted by molar-refractivity contribution is 5.95. The lowest BCUT2D eigenvalue weighted by atomic mass is 10.1. The number of hydrogen-bond acceptors (Lipinski definition) is 4. The average Bonchev–Trinajstić information content (AvgIpc) is 3.45. The van der Waals surface area contributed by atoms with Crippen LogP contribution in [0, 0.1) is 0 Å². The number of carbonyl (C=O) groups excluding carboxylic acids is 2. The summed E-state index contributed by atoms with van der Waals surface area (Å²) in [5.41, 5.74) is 2.38. The maximum Gasteiger partial charge on any atom is 0.290 e. The van der Waals surface area contributed by atoms with E-state index in [-0.39, 0.29) is 17.6 Å². The fourth-order valence-electron chi connectivity index (χ4n) is 4.27. The molecule has 2 saturated heterocycles. The van der Waals surface area contributed by atoms with Gasteiger partial charge in [0.2, 0.25) is 5.91 Å². The molecule has 0 spiro atoms. The van der Waals surface area contributed by atoms with Crippen molar-refractivity contribution >= 4 is 11.8 Å². The molecule has 2 fully saturated rings. The molecule has 0 aliphatic carbocycles. The van der Waals surface area contributed by atoms with Gasteiger partial charge >= 0.3 is 0 Å². The summed E-state index contributed by atoms with van der Waals surface area (Å²) in [5.74, 6) is -0.0245. The molecule has 3 heterocycles. The molecule has 0 saturated carbocycles. The van der Waals surface area contributed by atoms with Crippen LogP contribution in [-0.2, 0) is 17.9 Å². The number of piperidine rings is 1. The van der Waals surface area contributed by atoms with Gasteiger partial charge in [-0.2, -0.15) is 0 Å². The summed E-state index contributed by atoms with van der Waals surface area (Å²) in [7, 11) is 0. The standard InChI is InChI=1S/C23H29N3O3/c27-22(20-6-4-14-26(20)23(28)21-7-5-15-29-21)24-16-18-8-10-19(11-9-18)17-25-12-2-1-3-13-25/h5,7-11,15,20H,1-4,6,12-14,16-17H2,(H,24,27). The number of nitrogens with one attached hydrogen (secondary N) is 1. The molecule has 2 aromatic rings. The van der Waals surface area contributed by atoms with E-state index in [1.54, 1.807) is 17.0 Å². The number of carbonyl (C=O) groups is 2. The lowest BCUT2D eigenvalue weighted by Crippen LogP contribution is -2.45. The zero-order valence-corrected chi connectivity index (χ0v) is 16.8. The number of rotatable bonds is 6. The maximum atomic E-state index is 12.7. The van der Waals surface area contributed by atoms with E-state index in [9.17, 15) is 9.59 Å². The summed E-state index contributed by atoms with van der Waals surface area (Å²) in [6.45, 7) is 4.43. The van der Waals surface area contributed by atoms with Crippen LogP contribution in [0.15, 0.2) is 47.1 Å². The SMILES string of the molecule is O=C(NCc1ccc(CN2CCCCC2)cc1)C1CCCN1C(=O)c1ccco1. The number of likely N-dealkylation sites (tertiary alicyclic amines) is 2. The number of benzene rings is 1. The van der Waals surface area contributed by atoms with Crippen LogP contribution >= 0.6 is 0 Å². The minimum absolute atomic E-state index is 0.0974. The van der Waals surface area contributed by atoms with E-state index >= 15 is 0 Å². The Labute approximate surface area is 171 Å². The van der Waals surface area contributed by atoms with E-state index in [1.165, 1.54) is 44.2 Å². The molecule has 0 radical (unpaired) electrons. The van der Waals surface area contributed by atoms with Gasteiger partial charge in [0.1, 0.15) is 6.04 Å².